The van der Waals surface area contributed by atoms with Crippen LogP contribution in [0.15, 0.2) is 24.3 Å². The number of likely N-dealkylation sites (tertiary alicyclic amines) is 1. The van der Waals surface area contributed by atoms with Crippen LogP contribution in [0.2, 0.25) is 5.02 Å². The molecule has 3 rings (SSSR count). The number of piperazine rings is 1. The van der Waals surface area contributed by atoms with Gasteiger partial charge in [-0.3, -0.25) is 9.69 Å². The lowest BCUT2D eigenvalue weighted by atomic mass is 9.80. The number of carbonyl (C=O) groups is 1. The molecule has 1 aromatic carbocycles. The van der Waals surface area contributed by atoms with Crippen LogP contribution in [-0.4, -0.2) is 67.6 Å². The van der Waals surface area contributed by atoms with Crippen molar-refractivity contribution in [1.82, 2.24) is 9.80 Å². The van der Waals surface area contributed by atoms with Crippen LogP contribution in [0.1, 0.15) is 20.3 Å². The zero-order valence-corrected chi connectivity index (χ0v) is 16.0. The second-order valence-corrected chi connectivity index (χ2v) is 8.38. The highest BCUT2D eigenvalue weighted by molar-refractivity contribution is 6.30. The number of hydrogen-bond acceptors (Lipinski definition) is 4. The Balaban J connectivity index is 1.50. The molecule has 0 aliphatic carbocycles. The topological polar surface area (TPSA) is 52.8 Å². The van der Waals surface area contributed by atoms with Crippen LogP contribution < -0.4 is 10.6 Å². The summed E-state index contributed by atoms with van der Waals surface area (Å²) in [5, 5.41) is 0.752. The Morgan fingerprint density at radius 1 is 1.24 bits per heavy atom. The lowest BCUT2D eigenvalue weighted by Gasteiger charge is -2.43. The molecule has 1 aromatic rings. The number of halogens is 1. The standard InChI is InChI=1S/C19H29ClN4O/c1-19(2)14-22(7-6-17(19)21)13-18(25)24-10-8-23(9-11-24)16-5-3-4-15(20)12-16/h3-5,12,17H,6-11,13-14,21H2,1-2H3. The number of nitrogens with zero attached hydrogens (tertiary/aromatic N) is 3. The second kappa shape index (κ2) is 7.52. The number of amides is 1. The van der Waals surface area contributed by atoms with E-state index in [2.05, 4.69) is 29.7 Å². The maximum Gasteiger partial charge on any atom is 0.236 e. The zero-order valence-electron chi connectivity index (χ0n) is 15.2. The van der Waals surface area contributed by atoms with E-state index < -0.39 is 0 Å². The van der Waals surface area contributed by atoms with Crippen LogP contribution in [0.5, 0.6) is 0 Å². The fourth-order valence-corrected chi connectivity index (χ4v) is 3.98. The molecule has 1 atom stereocenters. The second-order valence-electron chi connectivity index (χ2n) is 7.94. The van der Waals surface area contributed by atoms with Crippen molar-refractivity contribution in [1.29, 1.82) is 0 Å². The summed E-state index contributed by atoms with van der Waals surface area (Å²) in [6.45, 7) is 9.93. The number of benzene rings is 1. The van der Waals surface area contributed by atoms with E-state index in [9.17, 15) is 4.79 Å². The van der Waals surface area contributed by atoms with Gasteiger partial charge in [-0.25, -0.2) is 0 Å². The lowest BCUT2D eigenvalue weighted by Crippen LogP contribution is -2.56. The quantitative estimate of drug-likeness (QED) is 0.891. The highest BCUT2D eigenvalue weighted by Gasteiger charge is 2.34. The first-order chi connectivity index (χ1) is 11.8. The van der Waals surface area contributed by atoms with Gasteiger partial charge >= 0.3 is 0 Å². The van der Waals surface area contributed by atoms with Gasteiger partial charge in [0.15, 0.2) is 0 Å². The molecule has 1 amide bonds. The fraction of sp³-hybridized carbons (Fsp3) is 0.632. The van der Waals surface area contributed by atoms with E-state index in [0.717, 1.165) is 56.4 Å². The van der Waals surface area contributed by atoms with Crippen molar-refractivity contribution in [2.45, 2.75) is 26.3 Å². The Kier molecular flexibility index (Phi) is 5.56. The van der Waals surface area contributed by atoms with Crippen molar-refractivity contribution in [3.63, 3.8) is 0 Å². The van der Waals surface area contributed by atoms with Gasteiger partial charge < -0.3 is 15.5 Å². The molecule has 6 heteroatoms. The molecule has 2 saturated heterocycles. The van der Waals surface area contributed by atoms with Crippen LogP contribution in [0.3, 0.4) is 0 Å². The summed E-state index contributed by atoms with van der Waals surface area (Å²) in [5.74, 6) is 0.233. The number of carbonyl (C=O) groups excluding carboxylic acids is 1. The Morgan fingerprint density at radius 2 is 1.96 bits per heavy atom. The highest BCUT2D eigenvalue weighted by Crippen LogP contribution is 2.27. The summed E-state index contributed by atoms with van der Waals surface area (Å²) in [4.78, 5) is 19.2. The number of hydrogen-bond donors (Lipinski definition) is 1. The predicted molar refractivity (Wildman–Crippen MR) is 103 cm³/mol. The average Bonchev–Trinajstić information content (AvgIpc) is 2.58. The molecular weight excluding hydrogens is 336 g/mol. The molecule has 2 aliphatic rings. The molecular formula is C19H29ClN4O. The maximum absolute atomic E-state index is 12.7. The Labute approximate surface area is 155 Å². The summed E-state index contributed by atoms with van der Waals surface area (Å²) < 4.78 is 0. The summed E-state index contributed by atoms with van der Waals surface area (Å²) >= 11 is 6.08. The molecule has 2 fully saturated rings. The minimum Gasteiger partial charge on any atom is -0.368 e. The van der Waals surface area contributed by atoms with E-state index in [1.807, 2.05) is 23.1 Å². The van der Waals surface area contributed by atoms with E-state index in [1.165, 1.54) is 0 Å². The molecule has 2 aliphatic heterocycles. The minimum absolute atomic E-state index is 0.0732. The molecule has 0 radical (unpaired) electrons. The van der Waals surface area contributed by atoms with Crippen molar-refractivity contribution in [2.75, 3.05) is 50.7 Å². The first-order valence-corrected chi connectivity index (χ1v) is 9.49. The highest BCUT2D eigenvalue weighted by atomic mass is 35.5. The first kappa shape index (κ1) is 18.5. The van der Waals surface area contributed by atoms with Gasteiger partial charge in [0.25, 0.3) is 0 Å². The molecule has 2 N–H and O–H groups in total. The van der Waals surface area contributed by atoms with Gasteiger partial charge in [-0.2, -0.15) is 0 Å². The Morgan fingerprint density at radius 3 is 2.60 bits per heavy atom. The molecule has 1 unspecified atom stereocenters. The molecule has 0 aromatic heterocycles. The predicted octanol–water partition coefficient (Wildman–Crippen LogP) is 2.05. The van der Waals surface area contributed by atoms with Gasteiger partial charge in [0, 0.05) is 56.0 Å². The van der Waals surface area contributed by atoms with Crippen molar-refractivity contribution in [3.8, 4) is 0 Å². The minimum atomic E-state index is 0.0732. The third kappa shape index (κ3) is 4.46. The fourth-order valence-electron chi connectivity index (χ4n) is 3.80. The van der Waals surface area contributed by atoms with Gasteiger partial charge in [0.05, 0.1) is 6.54 Å². The van der Waals surface area contributed by atoms with Crippen LogP contribution in [0, 0.1) is 5.41 Å². The Bertz CT molecular complexity index is 613. The third-order valence-corrected chi connectivity index (χ3v) is 5.79. The summed E-state index contributed by atoms with van der Waals surface area (Å²) in [6.07, 6.45) is 0.961. The molecule has 25 heavy (non-hydrogen) atoms. The molecule has 138 valence electrons. The van der Waals surface area contributed by atoms with Crippen molar-refractivity contribution in [3.05, 3.63) is 29.3 Å². The van der Waals surface area contributed by atoms with E-state index in [1.54, 1.807) is 0 Å². The number of nitrogens with two attached hydrogens (primary N) is 1. The SMILES string of the molecule is CC1(C)CN(CC(=O)N2CCN(c3cccc(Cl)c3)CC2)CCC1N. The monoisotopic (exact) mass is 364 g/mol. The van der Waals surface area contributed by atoms with Gasteiger partial charge in [0.2, 0.25) is 5.91 Å². The molecule has 0 bridgehead atoms. The molecule has 5 nitrogen and oxygen atoms in total. The summed E-state index contributed by atoms with van der Waals surface area (Å²) in [7, 11) is 0. The number of anilines is 1. The summed E-state index contributed by atoms with van der Waals surface area (Å²) in [5.41, 5.74) is 7.40. The molecule has 0 saturated carbocycles. The largest absolute Gasteiger partial charge is 0.368 e. The first-order valence-electron chi connectivity index (χ1n) is 9.11. The van der Waals surface area contributed by atoms with Crippen molar-refractivity contribution < 1.29 is 4.79 Å². The van der Waals surface area contributed by atoms with E-state index in [-0.39, 0.29) is 17.4 Å². The van der Waals surface area contributed by atoms with Crippen LogP contribution >= 0.6 is 11.6 Å². The number of rotatable bonds is 3. The van der Waals surface area contributed by atoms with E-state index >= 15 is 0 Å². The summed E-state index contributed by atoms with van der Waals surface area (Å²) in [6, 6.07) is 8.13. The zero-order chi connectivity index (χ0) is 18.0. The maximum atomic E-state index is 12.7. The lowest BCUT2D eigenvalue weighted by molar-refractivity contribution is -0.133. The van der Waals surface area contributed by atoms with Crippen molar-refractivity contribution >= 4 is 23.2 Å². The van der Waals surface area contributed by atoms with Crippen LogP contribution in [0.4, 0.5) is 5.69 Å². The number of piperidine rings is 1. The van der Waals surface area contributed by atoms with Crippen molar-refractivity contribution in [2.24, 2.45) is 11.1 Å². The van der Waals surface area contributed by atoms with Gasteiger partial charge in [0.1, 0.15) is 0 Å². The van der Waals surface area contributed by atoms with Crippen LogP contribution in [0.25, 0.3) is 0 Å². The van der Waals surface area contributed by atoms with Crippen LogP contribution in [-0.2, 0) is 4.79 Å². The van der Waals surface area contributed by atoms with E-state index in [4.69, 9.17) is 17.3 Å². The molecule has 0 spiro atoms. The molecule has 2 heterocycles. The normalized spacial score (nSPS) is 24.4. The van der Waals surface area contributed by atoms with Gasteiger partial charge in [-0.1, -0.05) is 31.5 Å². The van der Waals surface area contributed by atoms with E-state index in [0.29, 0.717) is 6.54 Å². The Hall–Kier alpha value is -1.30. The van der Waals surface area contributed by atoms with Gasteiger partial charge in [-0.05, 0) is 30.0 Å². The average molecular weight is 365 g/mol. The third-order valence-electron chi connectivity index (χ3n) is 5.56. The smallest absolute Gasteiger partial charge is 0.236 e. The van der Waals surface area contributed by atoms with Gasteiger partial charge in [-0.15, -0.1) is 0 Å².